The summed E-state index contributed by atoms with van der Waals surface area (Å²) < 4.78 is 1.84. The summed E-state index contributed by atoms with van der Waals surface area (Å²) in [5.41, 5.74) is 2.23. The van der Waals surface area contributed by atoms with Gasteiger partial charge in [-0.2, -0.15) is 5.10 Å². The van der Waals surface area contributed by atoms with Gasteiger partial charge in [0, 0.05) is 25.3 Å². The van der Waals surface area contributed by atoms with Crippen LogP contribution in [0.1, 0.15) is 24.1 Å². The topological polar surface area (TPSA) is 41.3 Å². The highest BCUT2D eigenvalue weighted by molar-refractivity contribution is 5.19. The van der Waals surface area contributed by atoms with Gasteiger partial charge in [0.1, 0.15) is 0 Å². The molecule has 21 heavy (non-hydrogen) atoms. The summed E-state index contributed by atoms with van der Waals surface area (Å²) in [6.07, 6.45) is 5.06. The first-order valence-electron chi connectivity index (χ1n) is 7.60. The normalized spacial score (nSPS) is 22.8. The number of hydrogen-bond donors (Lipinski definition) is 1. The smallest absolute Gasteiger partial charge is 0.0764 e. The van der Waals surface area contributed by atoms with Crippen molar-refractivity contribution in [3.05, 3.63) is 53.9 Å². The van der Waals surface area contributed by atoms with Gasteiger partial charge in [-0.25, -0.2) is 0 Å². The van der Waals surface area contributed by atoms with Crippen molar-refractivity contribution in [3.63, 3.8) is 0 Å². The molecule has 1 N–H and O–H groups in total. The molecule has 2 heterocycles. The summed E-state index contributed by atoms with van der Waals surface area (Å²) in [5, 5.41) is 14.5. The summed E-state index contributed by atoms with van der Waals surface area (Å²) in [6, 6.07) is 12.5. The van der Waals surface area contributed by atoms with Crippen LogP contribution in [0, 0.1) is 0 Å². The van der Waals surface area contributed by atoms with E-state index in [0.29, 0.717) is 0 Å². The Morgan fingerprint density at radius 1 is 1.24 bits per heavy atom. The SMILES string of the molecule is Cn1ccc(CN2CCCC2(CO)Cc2ccccc2)n1. The molecular formula is C17H23N3O. The van der Waals surface area contributed by atoms with Crippen molar-refractivity contribution in [2.24, 2.45) is 7.05 Å². The number of aromatic nitrogens is 2. The van der Waals surface area contributed by atoms with E-state index in [1.54, 1.807) is 0 Å². The first-order valence-corrected chi connectivity index (χ1v) is 7.60. The van der Waals surface area contributed by atoms with E-state index < -0.39 is 0 Å². The first-order chi connectivity index (χ1) is 10.2. The predicted octanol–water partition coefficient (Wildman–Crippen LogP) is 1.99. The van der Waals surface area contributed by atoms with E-state index in [-0.39, 0.29) is 12.1 Å². The zero-order chi connectivity index (χ0) is 14.7. The summed E-state index contributed by atoms with van der Waals surface area (Å²) >= 11 is 0. The molecule has 0 amide bonds. The summed E-state index contributed by atoms with van der Waals surface area (Å²) in [5.74, 6) is 0. The molecule has 1 saturated heterocycles. The van der Waals surface area contributed by atoms with E-state index >= 15 is 0 Å². The Morgan fingerprint density at radius 3 is 2.71 bits per heavy atom. The maximum Gasteiger partial charge on any atom is 0.0764 e. The van der Waals surface area contributed by atoms with Crippen LogP contribution < -0.4 is 0 Å². The lowest BCUT2D eigenvalue weighted by Crippen LogP contribution is -2.48. The molecule has 0 bridgehead atoms. The third-order valence-electron chi connectivity index (χ3n) is 4.53. The third kappa shape index (κ3) is 3.01. The Balaban J connectivity index is 1.78. The standard InChI is InChI=1S/C17H23N3O/c1-19-11-8-16(18-19)13-20-10-5-9-17(20,14-21)12-15-6-3-2-4-7-15/h2-4,6-8,11,21H,5,9-10,12-14H2,1H3. The Morgan fingerprint density at radius 2 is 2.05 bits per heavy atom. The molecule has 0 aliphatic carbocycles. The number of hydrogen-bond acceptors (Lipinski definition) is 3. The quantitative estimate of drug-likeness (QED) is 0.913. The van der Waals surface area contributed by atoms with E-state index in [4.69, 9.17) is 0 Å². The molecule has 0 radical (unpaired) electrons. The second-order valence-corrected chi connectivity index (χ2v) is 6.05. The van der Waals surface area contributed by atoms with Gasteiger partial charge >= 0.3 is 0 Å². The van der Waals surface area contributed by atoms with Gasteiger partial charge in [-0.05, 0) is 37.4 Å². The minimum Gasteiger partial charge on any atom is -0.394 e. The fourth-order valence-electron chi connectivity index (χ4n) is 3.40. The van der Waals surface area contributed by atoms with E-state index in [2.05, 4.69) is 40.3 Å². The predicted molar refractivity (Wildman–Crippen MR) is 82.8 cm³/mol. The molecule has 0 spiro atoms. The number of likely N-dealkylation sites (tertiary alicyclic amines) is 1. The number of rotatable bonds is 5. The first kappa shape index (κ1) is 14.3. The minimum atomic E-state index is -0.140. The van der Waals surface area contributed by atoms with Gasteiger partial charge in [0.15, 0.2) is 0 Å². The Bertz CT molecular complexity index is 581. The Kier molecular flexibility index (Phi) is 4.08. The molecule has 4 heteroatoms. The van der Waals surface area contributed by atoms with E-state index in [0.717, 1.165) is 38.0 Å². The molecule has 1 fully saturated rings. The molecule has 0 saturated carbocycles. The van der Waals surface area contributed by atoms with Gasteiger partial charge in [-0.3, -0.25) is 9.58 Å². The highest BCUT2D eigenvalue weighted by Gasteiger charge is 2.40. The molecule has 1 aliphatic heterocycles. The number of aliphatic hydroxyl groups excluding tert-OH is 1. The summed E-state index contributed by atoms with van der Waals surface area (Å²) in [7, 11) is 1.94. The highest BCUT2D eigenvalue weighted by atomic mass is 16.3. The lowest BCUT2D eigenvalue weighted by Gasteiger charge is -2.37. The van der Waals surface area contributed by atoms with Crippen LogP contribution in [0.4, 0.5) is 0 Å². The molecule has 1 aromatic carbocycles. The van der Waals surface area contributed by atoms with Gasteiger partial charge in [0.2, 0.25) is 0 Å². The Hall–Kier alpha value is -1.65. The molecule has 1 aliphatic rings. The number of aryl methyl sites for hydroxylation is 1. The third-order valence-corrected chi connectivity index (χ3v) is 4.53. The molecule has 3 rings (SSSR count). The van der Waals surface area contributed by atoms with Crippen molar-refractivity contribution in [2.45, 2.75) is 31.3 Å². The average Bonchev–Trinajstić information content (AvgIpc) is 3.08. The lowest BCUT2D eigenvalue weighted by molar-refractivity contribution is 0.0572. The molecule has 1 atom stereocenters. The second kappa shape index (κ2) is 6.00. The molecule has 112 valence electrons. The molecule has 1 unspecified atom stereocenters. The van der Waals surface area contributed by atoms with Crippen LogP contribution in [0.5, 0.6) is 0 Å². The largest absolute Gasteiger partial charge is 0.394 e. The van der Waals surface area contributed by atoms with Crippen LogP contribution >= 0.6 is 0 Å². The highest BCUT2D eigenvalue weighted by Crippen LogP contribution is 2.33. The van der Waals surface area contributed by atoms with E-state index in [1.807, 2.05) is 24.0 Å². The van der Waals surface area contributed by atoms with Gasteiger partial charge in [0.25, 0.3) is 0 Å². The summed E-state index contributed by atoms with van der Waals surface area (Å²) in [4.78, 5) is 2.41. The zero-order valence-corrected chi connectivity index (χ0v) is 12.6. The fraction of sp³-hybridized carbons (Fsp3) is 0.471. The molecule has 2 aromatic rings. The van der Waals surface area contributed by atoms with E-state index in [1.165, 1.54) is 5.56 Å². The van der Waals surface area contributed by atoms with Crippen molar-refractivity contribution in [3.8, 4) is 0 Å². The second-order valence-electron chi connectivity index (χ2n) is 6.05. The molecule has 4 nitrogen and oxygen atoms in total. The summed E-state index contributed by atoms with van der Waals surface area (Å²) in [6.45, 7) is 2.05. The number of nitrogens with zero attached hydrogens (tertiary/aromatic N) is 3. The van der Waals surface area contributed by atoms with Gasteiger partial charge in [-0.15, -0.1) is 0 Å². The molecular weight excluding hydrogens is 262 g/mol. The van der Waals surface area contributed by atoms with Crippen molar-refractivity contribution in [2.75, 3.05) is 13.2 Å². The number of benzene rings is 1. The fourth-order valence-corrected chi connectivity index (χ4v) is 3.40. The van der Waals surface area contributed by atoms with Crippen LogP contribution in [0.15, 0.2) is 42.6 Å². The zero-order valence-electron chi connectivity index (χ0n) is 12.6. The van der Waals surface area contributed by atoms with Crippen LogP contribution in [-0.4, -0.2) is 38.5 Å². The van der Waals surface area contributed by atoms with Crippen LogP contribution in [0.25, 0.3) is 0 Å². The van der Waals surface area contributed by atoms with Crippen molar-refractivity contribution < 1.29 is 5.11 Å². The maximum absolute atomic E-state index is 10.1. The van der Waals surface area contributed by atoms with Gasteiger partial charge < -0.3 is 5.11 Å². The van der Waals surface area contributed by atoms with Crippen LogP contribution in [0.2, 0.25) is 0 Å². The van der Waals surface area contributed by atoms with Gasteiger partial charge in [0.05, 0.1) is 12.3 Å². The van der Waals surface area contributed by atoms with E-state index in [9.17, 15) is 5.11 Å². The average molecular weight is 285 g/mol. The van der Waals surface area contributed by atoms with Crippen molar-refractivity contribution >= 4 is 0 Å². The Labute approximate surface area is 126 Å². The van der Waals surface area contributed by atoms with Crippen LogP contribution in [-0.2, 0) is 20.0 Å². The monoisotopic (exact) mass is 285 g/mol. The van der Waals surface area contributed by atoms with Crippen molar-refractivity contribution in [1.82, 2.24) is 14.7 Å². The number of aliphatic hydroxyl groups is 1. The molecule has 1 aromatic heterocycles. The maximum atomic E-state index is 10.1. The van der Waals surface area contributed by atoms with Crippen molar-refractivity contribution in [1.29, 1.82) is 0 Å². The minimum absolute atomic E-state index is 0.140. The van der Waals surface area contributed by atoms with Crippen LogP contribution in [0.3, 0.4) is 0 Å². The van der Waals surface area contributed by atoms with Gasteiger partial charge in [-0.1, -0.05) is 30.3 Å². The lowest BCUT2D eigenvalue weighted by atomic mass is 9.88.